The zero-order chi connectivity index (χ0) is 20.9. The van der Waals surface area contributed by atoms with E-state index in [4.69, 9.17) is 0 Å². The van der Waals surface area contributed by atoms with E-state index in [0.29, 0.717) is 29.9 Å². The third-order valence-electron chi connectivity index (χ3n) is 6.43. The van der Waals surface area contributed by atoms with Crippen molar-refractivity contribution in [1.82, 2.24) is 9.80 Å². The molecule has 30 heavy (non-hydrogen) atoms. The van der Waals surface area contributed by atoms with Gasteiger partial charge < -0.3 is 5.32 Å². The number of hydrogen-bond donors (Lipinski definition) is 1. The third-order valence-corrected chi connectivity index (χ3v) is 6.43. The topological polar surface area (TPSA) is 52.7 Å². The number of amides is 1. The molecule has 2 aliphatic heterocycles. The van der Waals surface area contributed by atoms with Crippen molar-refractivity contribution in [2.75, 3.05) is 25.0 Å². The van der Waals surface area contributed by atoms with Gasteiger partial charge in [-0.1, -0.05) is 42.5 Å². The number of likely N-dealkylation sites (tertiary alicyclic amines) is 2. The molecule has 2 aromatic carbocycles. The highest BCUT2D eigenvalue weighted by Crippen LogP contribution is 2.31. The van der Waals surface area contributed by atoms with Crippen LogP contribution in [0.1, 0.15) is 48.5 Å². The Bertz CT molecular complexity index is 883. The van der Waals surface area contributed by atoms with Crippen LogP contribution in [0.15, 0.2) is 54.6 Å². The molecule has 4 rings (SSSR count). The lowest BCUT2D eigenvalue weighted by atomic mass is 10.0. The van der Waals surface area contributed by atoms with Crippen molar-refractivity contribution in [3.05, 3.63) is 65.7 Å². The molecule has 5 heteroatoms. The minimum absolute atomic E-state index is 0.0348. The van der Waals surface area contributed by atoms with Crippen LogP contribution in [0.4, 0.5) is 5.69 Å². The molecule has 2 unspecified atom stereocenters. The Balaban J connectivity index is 1.40. The number of benzene rings is 2. The summed E-state index contributed by atoms with van der Waals surface area (Å²) in [5, 5.41) is 2.97. The van der Waals surface area contributed by atoms with Gasteiger partial charge in [0.2, 0.25) is 5.91 Å². The van der Waals surface area contributed by atoms with Crippen LogP contribution < -0.4 is 5.32 Å². The maximum atomic E-state index is 12.8. The van der Waals surface area contributed by atoms with E-state index >= 15 is 0 Å². The van der Waals surface area contributed by atoms with Gasteiger partial charge in [0.25, 0.3) is 0 Å². The number of anilines is 1. The number of ketones is 1. The quantitative estimate of drug-likeness (QED) is 0.709. The molecular formula is C25H31N3O2. The number of para-hydroxylation sites is 1. The Morgan fingerprint density at radius 2 is 1.53 bits per heavy atom. The summed E-state index contributed by atoms with van der Waals surface area (Å²) < 4.78 is 0. The predicted octanol–water partition coefficient (Wildman–Crippen LogP) is 3.96. The van der Waals surface area contributed by atoms with Crippen LogP contribution in [0.2, 0.25) is 0 Å². The monoisotopic (exact) mass is 405 g/mol. The molecule has 5 nitrogen and oxygen atoms in total. The van der Waals surface area contributed by atoms with Crippen molar-refractivity contribution in [1.29, 1.82) is 0 Å². The lowest BCUT2D eigenvalue weighted by Gasteiger charge is -2.35. The van der Waals surface area contributed by atoms with Gasteiger partial charge in [-0.25, -0.2) is 0 Å². The molecule has 2 aromatic rings. The molecule has 2 heterocycles. The van der Waals surface area contributed by atoms with Crippen LogP contribution in [0.3, 0.4) is 0 Å². The molecule has 1 amide bonds. The Kier molecular flexibility index (Phi) is 6.60. The molecular weight excluding hydrogens is 374 g/mol. The summed E-state index contributed by atoms with van der Waals surface area (Å²) in [6, 6.07) is 18.8. The van der Waals surface area contributed by atoms with Gasteiger partial charge in [0.1, 0.15) is 0 Å². The first kappa shape index (κ1) is 20.8. The predicted molar refractivity (Wildman–Crippen MR) is 120 cm³/mol. The number of rotatable bonds is 7. The lowest BCUT2D eigenvalue weighted by molar-refractivity contribution is -0.117. The number of carbonyl (C=O) groups excluding carboxylic acids is 2. The largest absolute Gasteiger partial charge is 0.324 e. The fourth-order valence-corrected chi connectivity index (χ4v) is 5.06. The van der Waals surface area contributed by atoms with Crippen LogP contribution in [-0.2, 0) is 11.3 Å². The maximum Gasteiger partial charge on any atom is 0.238 e. The second kappa shape index (κ2) is 9.54. The molecule has 1 N–H and O–H groups in total. The van der Waals surface area contributed by atoms with Gasteiger partial charge in [-0.3, -0.25) is 19.4 Å². The summed E-state index contributed by atoms with van der Waals surface area (Å²) in [5.74, 6) is -0.0735. The smallest absolute Gasteiger partial charge is 0.238 e. The van der Waals surface area contributed by atoms with E-state index in [-0.39, 0.29) is 11.7 Å². The van der Waals surface area contributed by atoms with Gasteiger partial charge in [-0.15, -0.1) is 0 Å². The minimum Gasteiger partial charge on any atom is -0.324 e. The Hall–Kier alpha value is -2.50. The normalized spacial score (nSPS) is 22.3. The van der Waals surface area contributed by atoms with Crippen LogP contribution >= 0.6 is 0 Å². The van der Waals surface area contributed by atoms with Crippen molar-refractivity contribution in [2.24, 2.45) is 0 Å². The van der Waals surface area contributed by atoms with Gasteiger partial charge >= 0.3 is 0 Å². The van der Waals surface area contributed by atoms with Crippen molar-refractivity contribution in [3.8, 4) is 0 Å². The second-order valence-corrected chi connectivity index (χ2v) is 8.50. The van der Waals surface area contributed by atoms with Gasteiger partial charge in [-0.05, 0) is 63.4 Å². The van der Waals surface area contributed by atoms with E-state index in [9.17, 15) is 9.59 Å². The fourth-order valence-electron chi connectivity index (χ4n) is 5.06. The number of carbonyl (C=O) groups is 2. The number of Topliss-reactive ketones (excluding diaryl/α,β-unsaturated/α-hetero) is 1. The zero-order valence-electron chi connectivity index (χ0n) is 17.7. The summed E-state index contributed by atoms with van der Waals surface area (Å²) in [4.78, 5) is 29.6. The standard InChI is InChI=1S/C25H31N3O2/c1-19(29)21-11-5-6-12-22(21)26-25(30)18-28-16-8-14-24(28)23-13-7-15-27(23)17-20-9-3-2-4-10-20/h2-6,9-12,23-24H,7-8,13-18H2,1H3,(H,26,30). The van der Waals surface area contributed by atoms with Crippen LogP contribution in [0.25, 0.3) is 0 Å². The molecule has 0 aromatic heterocycles. The van der Waals surface area contributed by atoms with Gasteiger partial charge in [0, 0.05) is 24.2 Å². The average molecular weight is 406 g/mol. The molecule has 2 aliphatic rings. The van der Waals surface area contributed by atoms with E-state index in [1.165, 1.54) is 25.3 Å². The van der Waals surface area contributed by atoms with Crippen molar-refractivity contribution >= 4 is 17.4 Å². The summed E-state index contributed by atoms with van der Waals surface area (Å²) in [5.41, 5.74) is 2.53. The summed E-state index contributed by atoms with van der Waals surface area (Å²) in [6.07, 6.45) is 4.70. The highest BCUT2D eigenvalue weighted by atomic mass is 16.2. The second-order valence-electron chi connectivity index (χ2n) is 8.50. The van der Waals surface area contributed by atoms with Crippen LogP contribution in [-0.4, -0.2) is 53.2 Å². The zero-order valence-corrected chi connectivity index (χ0v) is 17.7. The average Bonchev–Trinajstić information content (AvgIpc) is 3.38. The number of hydrogen-bond acceptors (Lipinski definition) is 4. The Morgan fingerprint density at radius 3 is 2.27 bits per heavy atom. The molecule has 2 saturated heterocycles. The first-order chi connectivity index (χ1) is 14.6. The molecule has 2 fully saturated rings. The lowest BCUT2D eigenvalue weighted by Crippen LogP contribution is -2.48. The molecule has 0 spiro atoms. The van der Waals surface area contributed by atoms with Gasteiger partial charge in [-0.2, -0.15) is 0 Å². The van der Waals surface area contributed by atoms with E-state index in [1.807, 2.05) is 12.1 Å². The third kappa shape index (κ3) is 4.79. The SMILES string of the molecule is CC(=O)c1ccccc1NC(=O)CN1CCCC1C1CCCN1Cc1ccccc1. The number of nitrogens with one attached hydrogen (secondary N) is 1. The molecule has 0 saturated carbocycles. The highest BCUT2D eigenvalue weighted by molar-refractivity contribution is 6.04. The Morgan fingerprint density at radius 1 is 0.900 bits per heavy atom. The number of nitrogens with zero attached hydrogens (tertiary/aromatic N) is 2. The van der Waals surface area contributed by atoms with Gasteiger partial charge in [0.05, 0.1) is 12.2 Å². The Labute approximate surface area is 179 Å². The van der Waals surface area contributed by atoms with Crippen molar-refractivity contribution in [2.45, 2.75) is 51.2 Å². The highest BCUT2D eigenvalue weighted by Gasteiger charge is 2.38. The first-order valence-corrected chi connectivity index (χ1v) is 11.0. The summed E-state index contributed by atoms with van der Waals surface area (Å²) >= 11 is 0. The molecule has 158 valence electrons. The van der Waals surface area contributed by atoms with Crippen molar-refractivity contribution in [3.63, 3.8) is 0 Å². The van der Waals surface area contributed by atoms with Crippen molar-refractivity contribution < 1.29 is 9.59 Å². The van der Waals surface area contributed by atoms with E-state index in [2.05, 4.69) is 45.4 Å². The fraction of sp³-hybridized carbons (Fsp3) is 0.440. The first-order valence-electron chi connectivity index (χ1n) is 11.0. The van der Waals surface area contributed by atoms with E-state index < -0.39 is 0 Å². The van der Waals surface area contributed by atoms with E-state index in [0.717, 1.165) is 32.5 Å². The summed E-state index contributed by atoms with van der Waals surface area (Å²) in [7, 11) is 0. The molecule has 0 radical (unpaired) electrons. The van der Waals surface area contributed by atoms with Crippen LogP contribution in [0, 0.1) is 0 Å². The molecule has 0 bridgehead atoms. The molecule has 2 atom stereocenters. The minimum atomic E-state index is -0.0387. The van der Waals surface area contributed by atoms with Gasteiger partial charge in [0.15, 0.2) is 5.78 Å². The van der Waals surface area contributed by atoms with Crippen LogP contribution in [0.5, 0.6) is 0 Å². The maximum absolute atomic E-state index is 12.8. The summed E-state index contributed by atoms with van der Waals surface area (Å²) in [6.45, 7) is 4.98. The molecule has 0 aliphatic carbocycles. The van der Waals surface area contributed by atoms with E-state index in [1.54, 1.807) is 12.1 Å².